The number of rotatable bonds is 4. The van der Waals surface area contributed by atoms with Crippen LogP contribution in [0.4, 0.5) is 11.4 Å². The summed E-state index contributed by atoms with van der Waals surface area (Å²) in [6, 6.07) is 3.46. The Morgan fingerprint density at radius 2 is 2.00 bits per heavy atom. The molecule has 0 saturated heterocycles. The van der Waals surface area contributed by atoms with Gasteiger partial charge in [0.15, 0.2) is 0 Å². The third-order valence-electron chi connectivity index (χ3n) is 2.46. The fraction of sp³-hybridized carbons (Fsp3) is 0.333. The van der Waals surface area contributed by atoms with E-state index in [0.717, 1.165) is 6.07 Å². The molecule has 0 fully saturated rings. The van der Waals surface area contributed by atoms with Gasteiger partial charge in [0.05, 0.1) is 27.8 Å². The van der Waals surface area contributed by atoms with Gasteiger partial charge < -0.3 is 15.7 Å². The van der Waals surface area contributed by atoms with E-state index in [4.69, 9.17) is 16.7 Å². The minimum absolute atomic E-state index is 0.0483. The highest BCUT2D eigenvalue weighted by atomic mass is 35.5. The molecule has 21 heavy (non-hydrogen) atoms. The first-order chi connectivity index (χ1) is 9.66. The van der Waals surface area contributed by atoms with E-state index in [1.807, 2.05) is 0 Å². The maximum absolute atomic E-state index is 11.7. The average molecular weight is 316 g/mol. The Kier molecular flexibility index (Phi) is 5.23. The molecule has 8 nitrogen and oxygen atoms in total. The number of carbonyl (C=O) groups is 2. The lowest BCUT2D eigenvalue weighted by molar-refractivity contribution is -0.384. The van der Waals surface area contributed by atoms with Crippen molar-refractivity contribution in [2.24, 2.45) is 0 Å². The van der Waals surface area contributed by atoms with E-state index in [2.05, 4.69) is 10.6 Å². The Bertz CT molecular complexity index is 588. The van der Waals surface area contributed by atoms with Gasteiger partial charge in [-0.05, 0) is 19.9 Å². The van der Waals surface area contributed by atoms with Gasteiger partial charge in [-0.1, -0.05) is 11.6 Å². The third kappa shape index (κ3) is 4.69. The second kappa shape index (κ2) is 6.51. The van der Waals surface area contributed by atoms with Crippen LogP contribution in [0.3, 0.4) is 0 Å². The minimum Gasteiger partial charge on any atom is -0.394 e. The van der Waals surface area contributed by atoms with Crippen LogP contribution in [0.1, 0.15) is 13.8 Å². The van der Waals surface area contributed by atoms with Crippen LogP contribution in [0.15, 0.2) is 18.2 Å². The van der Waals surface area contributed by atoms with E-state index >= 15 is 0 Å². The van der Waals surface area contributed by atoms with Crippen LogP contribution in [-0.2, 0) is 9.59 Å². The van der Waals surface area contributed by atoms with Crippen LogP contribution in [-0.4, -0.2) is 34.0 Å². The summed E-state index contributed by atoms with van der Waals surface area (Å²) in [7, 11) is 0. The molecule has 2 amide bonds. The molecule has 0 aliphatic rings. The number of anilines is 1. The normalized spacial score (nSPS) is 10.9. The van der Waals surface area contributed by atoms with Crippen molar-refractivity contribution in [3.8, 4) is 0 Å². The number of aliphatic hydroxyl groups excluding tert-OH is 1. The minimum atomic E-state index is -1.04. The van der Waals surface area contributed by atoms with E-state index in [1.54, 1.807) is 0 Å². The predicted molar refractivity (Wildman–Crippen MR) is 76.0 cm³/mol. The molecule has 114 valence electrons. The van der Waals surface area contributed by atoms with E-state index in [1.165, 1.54) is 26.0 Å². The summed E-state index contributed by atoms with van der Waals surface area (Å²) in [5.41, 5.74) is -1.29. The maximum Gasteiger partial charge on any atom is 0.313 e. The molecule has 0 atom stereocenters. The monoisotopic (exact) mass is 315 g/mol. The Morgan fingerprint density at radius 1 is 1.38 bits per heavy atom. The molecule has 0 aliphatic heterocycles. The van der Waals surface area contributed by atoms with Crippen molar-refractivity contribution in [2.75, 3.05) is 11.9 Å². The summed E-state index contributed by atoms with van der Waals surface area (Å²) in [5, 5.41) is 24.2. The van der Waals surface area contributed by atoms with Crippen molar-refractivity contribution in [2.45, 2.75) is 19.4 Å². The third-order valence-corrected chi connectivity index (χ3v) is 2.79. The summed E-state index contributed by atoms with van der Waals surface area (Å²) in [5.74, 6) is -2.03. The van der Waals surface area contributed by atoms with Gasteiger partial charge in [0.2, 0.25) is 0 Å². The number of carbonyl (C=O) groups excluding carboxylic acids is 2. The predicted octanol–water partition coefficient (Wildman–Crippen LogP) is 1.07. The van der Waals surface area contributed by atoms with Crippen LogP contribution in [0.5, 0.6) is 0 Å². The number of hydrogen-bond acceptors (Lipinski definition) is 5. The summed E-state index contributed by atoms with van der Waals surface area (Å²) >= 11 is 5.80. The molecule has 1 aromatic rings. The molecule has 3 N–H and O–H groups in total. The summed E-state index contributed by atoms with van der Waals surface area (Å²) in [6.45, 7) is 2.70. The molecule has 0 aliphatic carbocycles. The molecule has 0 heterocycles. The highest BCUT2D eigenvalue weighted by Gasteiger charge is 2.24. The molecule has 0 aromatic heterocycles. The molecule has 1 rings (SSSR count). The fourth-order valence-electron chi connectivity index (χ4n) is 1.31. The lowest BCUT2D eigenvalue weighted by Crippen LogP contribution is -2.50. The molecule has 0 radical (unpaired) electrons. The van der Waals surface area contributed by atoms with Gasteiger partial charge in [-0.25, -0.2) is 0 Å². The second-order valence-electron chi connectivity index (χ2n) is 4.87. The van der Waals surface area contributed by atoms with E-state index in [0.29, 0.717) is 0 Å². The quantitative estimate of drug-likeness (QED) is 0.436. The average Bonchev–Trinajstić information content (AvgIpc) is 2.40. The Morgan fingerprint density at radius 3 is 2.52 bits per heavy atom. The first-order valence-electron chi connectivity index (χ1n) is 5.84. The number of nitro benzene ring substituents is 1. The maximum atomic E-state index is 11.7. The molecule has 0 bridgehead atoms. The van der Waals surface area contributed by atoms with Crippen LogP contribution in [0.2, 0.25) is 5.02 Å². The Hall–Kier alpha value is -2.19. The molecule has 0 unspecified atom stereocenters. The Balaban J connectivity index is 2.86. The van der Waals surface area contributed by atoms with Gasteiger partial charge in [-0.2, -0.15) is 0 Å². The number of aliphatic hydroxyl groups is 1. The van der Waals surface area contributed by atoms with Crippen molar-refractivity contribution in [3.05, 3.63) is 33.3 Å². The highest BCUT2D eigenvalue weighted by Crippen LogP contribution is 2.26. The second-order valence-corrected chi connectivity index (χ2v) is 5.28. The van der Waals surface area contributed by atoms with Crippen molar-refractivity contribution in [3.63, 3.8) is 0 Å². The zero-order chi connectivity index (χ0) is 16.2. The summed E-state index contributed by atoms with van der Waals surface area (Å²) in [4.78, 5) is 33.3. The number of amides is 2. The number of nitrogens with zero attached hydrogens (tertiary/aromatic N) is 1. The highest BCUT2D eigenvalue weighted by molar-refractivity contribution is 6.41. The largest absolute Gasteiger partial charge is 0.394 e. The van der Waals surface area contributed by atoms with Crippen LogP contribution in [0.25, 0.3) is 0 Å². The fourth-order valence-corrected chi connectivity index (χ4v) is 1.47. The molecular formula is C12H14ClN3O5. The summed E-state index contributed by atoms with van der Waals surface area (Å²) in [6.07, 6.45) is 0. The van der Waals surface area contributed by atoms with E-state index in [9.17, 15) is 19.7 Å². The lowest BCUT2D eigenvalue weighted by Gasteiger charge is -2.22. The standard InChI is InChI=1S/C12H14ClN3O5/c1-12(2,6-17)15-11(19)10(18)14-9-5-7(16(20)21)3-4-8(9)13/h3-5,17H,6H2,1-2H3,(H,14,18)(H,15,19). The number of hydrogen-bond donors (Lipinski definition) is 3. The first kappa shape index (κ1) is 16.9. The molecular weight excluding hydrogens is 302 g/mol. The van der Waals surface area contributed by atoms with Crippen LogP contribution < -0.4 is 10.6 Å². The zero-order valence-electron chi connectivity index (χ0n) is 11.3. The first-order valence-corrected chi connectivity index (χ1v) is 6.22. The zero-order valence-corrected chi connectivity index (χ0v) is 12.1. The van der Waals surface area contributed by atoms with Crippen LogP contribution >= 0.6 is 11.6 Å². The van der Waals surface area contributed by atoms with Crippen molar-refractivity contribution >= 4 is 34.8 Å². The van der Waals surface area contributed by atoms with E-state index < -0.39 is 22.3 Å². The van der Waals surface area contributed by atoms with Gasteiger partial charge in [-0.3, -0.25) is 19.7 Å². The molecule has 0 spiro atoms. The number of nitro groups is 1. The lowest BCUT2D eigenvalue weighted by atomic mass is 10.1. The number of halogens is 1. The van der Waals surface area contributed by atoms with Crippen LogP contribution in [0, 0.1) is 10.1 Å². The summed E-state index contributed by atoms with van der Waals surface area (Å²) < 4.78 is 0. The molecule has 0 saturated carbocycles. The Labute approximate surface area is 125 Å². The van der Waals surface area contributed by atoms with Crippen molar-refractivity contribution in [1.82, 2.24) is 5.32 Å². The van der Waals surface area contributed by atoms with Gasteiger partial charge in [0.25, 0.3) is 5.69 Å². The van der Waals surface area contributed by atoms with Gasteiger partial charge in [-0.15, -0.1) is 0 Å². The van der Waals surface area contributed by atoms with Gasteiger partial charge >= 0.3 is 11.8 Å². The number of non-ortho nitro benzene ring substituents is 1. The van der Waals surface area contributed by atoms with E-state index in [-0.39, 0.29) is 23.0 Å². The number of nitrogens with one attached hydrogen (secondary N) is 2. The molecule has 1 aromatic carbocycles. The topological polar surface area (TPSA) is 122 Å². The number of benzene rings is 1. The smallest absolute Gasteiger partial charge is 0.313 e. The van der Waals surface area contributed by atoms with Crippen molar-refractivity contribution < 1.29 is 19.6 Å². The van der Waals surface area contributed by atoms with Gasteiger partial charge in [0.1, 0.15) is 0 Å². The van der Waals surface area contributed by atoms with Crippen molar-refractivity contribution in [1.29, 1.82) is 0 Å². The SMILES string of the molecule is CC(C)(CO)NC(=O)C(=O)Nc1cc([N+](=O)[O-])ccc1Cl. The van der Waals surface area contributed by atoms with Gasteiger partial charge in [0, 0.05) is 12.1 Å². The molecule has 9 heteroatoms.